The first-order chi connectivity index (χ1) is 12.7. The van der Waals surface area contributed by atoms with E-state index in [-0.39, 0.29) is 5.69 Å². The predicted octanol–water partition coefficient (Wildman–Crippen LogP) is 1.47. The van der Waals surface area contributed by atoms with E-state index in [9.17, 15) is 4.79 Å². The van der Waals surface area contributed by atoms with Crippen LogP contribution in [0.25, 0.3) is 16.0 Å². The normalized spacial score (nSPS) is 12.7. The highest BCUT2D eigenvalue weighted by Gasteiger charge is 2.18. The Bertz CT molecular complexity index is 1080. The molecule has 7 nitrogen and oxygen atoms in total. The molecule has 0 radical (unpaired) electrons. The largest absolute Gasteiger partial charge is 0.461 e. The first-order valence-electron chi connectivity index (χ1n) is 8.54. The van der Waals surface area contributed by atoms with Crippen LogP contribution in [0.1, 0.15) is 18.2 Å². The molecule has 0 amide bonds. The van der Waals surface area contributed by atoms with Gasteiger partial charge in [0.25, 0.3) is 0 Å². The Morgan fingerprint density at radius 3 is 2.81 bits per heavy atom. The van der Waals surface area contributed by atoms with E-state index in [0.29, 0.717) is 6.67 Å². The molecule has 0 saturated carbocycles. The van der Waals surface area contributed by atoms with Gasteiger partial charge in [0.15, 0.2) is 6.67 Å². The van der Waals surface area contributed by atoms with E-state index < -0.39 is 0 Å². The lowest BCUT2D eigenvalue weighted by Gasteiger charge is -2.13. The van der Waals surface area contributed by atoms with Crippen LogP contribution in [0.5, 0.6) is 0 Å². The van der Waals surface area contributed by atoms with E-state index in [2.05, 4.69) is 23.4 Å². The number of para-hydroxylation sites is 1. The lowest BCUT2D eigenvalue weighted by Crippen LogP contribution is -3.07. The third-order valence-corrected chi connectivity index (χ3v) is 5.20. The minimum atomic E-state index is -0.223. The zero-order valence-corrected chi connectivity index (χ0v) is 15.5. The standard InChI is InChI=1S/C18H19N5O2S/c1-3-15-14(13-7-4-5-8-16(13)25-15)11-21(2)12-22-18(24)23(20-19-22)17-9-6-10-26-17/h4-10H,3,11-12H2,1-2H3/p+1. The van der Waals surface area contributed by atoms with Gasteiger partial charge in [-0.25, -0.2) is 4.79 Å². The zero-order valence-electron chi connectivity index (χ0n) is 14.7. The Morgan fingerprint density at radius 1 is 1.19 bits per heavy atom. The van der Waals surface area contributed by atoms with E-state index in [1.165, 1.54) is 26.3 Å². The van der Waals surface area contributed by atoms with Crippen molar-refractivity contribution in [1.29, 1.82) is 0 Å². The smallest absolute Gasteiger partial charge is 0.374 e. The number of aromatic nitrogens is 4. The summed E-state index contributed by atoms with van der Waals surface area (Å²) in [5.74, 6) is 1.00. The molecule has 3 aromatic heterocycles. The summed E-state index contributed by atoms with van der Waals surface area (Å²) in [4.78, 5) is 13.6. The maximum Gasteiger partial charge on any atom is 0.374 e. The number of hydrogen-bond donors (Lipinski definition) is 1. The maximum atomic E-state index is 12.5. The number of fused-ring (bicyclic) bond motifs is 1. The maximum absolute atomic E-state index is 12.5. The van der Waals surface area contributed by atoms with Crippen LogP contribution < -0.4 is 10.6 Å². The van der Waals surface area contributed by atoms with Gasteiger partial charge < -0.3 is 9.32 Å². The molecule has 0 fully saturated rings. The number of thiophene rings is 1. The molecule has 4 rings (SSSR count). The highest BCUT2D eigenvalue weighted by Crippen LogP contribution is 2.25. The number of tetrazole rings is 1. The highest BCUT2D eigenvalue weighted by atomic mass is 32.1. The number of nitrogens with zero attached hydrogens (tertiary/aromatic N) is 4. The van der Waals surface area contributed by atoms with Gasteiger partial charge in [-0.15, -0.1) is 20.7 Å². The minimum Gasteiger partial charge on any atom is -0.461 e. The molecule has 1 atom stereocenters. The summed E-state index contributed by atoms with van der Waals surface area (Å²) < 4.78 is 8.71. The lowest BCUT2D eigenvalue weighted by molar-refractivity contribution is -0.917. The molecule has 4 aromatic rings. The number of benzene rings is 1. The molecule has 1 N–H and O–H groups in total. The van der Waals surface area contributed by atoms with Crippen LogP contribution in [-0.4, -0.2) is 26.8 Å². The van der Waals surface area contributed by atoms with Gasteiger partial charge in [0.2, 0.25) is 0 Å². The van der Waals surface area contributed by atoms with E-state index in [1.54, 1.807) is 0 Å². The SMILES string of the molecule is CCc1oc2ccccc2c1C[NH+](C)Cn1nnn(-c2cccs2)c1=O. The van der Waals surface area contributed by atoms with Crippen molar-refractivity contribution in [2.24, 2.45) is 0 Å². The van der Waals surface area contributed by atoms with Crippen LogP contribution in [-0.2, 0) is 19.6 Å². The summed E-state index contributed by atoms with van der Waals surface area (Å²) >= 11 is 1.46. The zero-order chi connectivity index (χ0) is 18.1. The number of nitrogens with one attached hydrogen (secondary N) is 1. The van der Waals surface area contributed by atoms with Crippen molar-refractivity contribution in [2.45, 2.75) is 26.6 Å². The molecule has 1 unspecified atom stereocenters. The fourth-order valence-corrected chi connectivity index (χ4v) is 3.81. The fourth-order valence-electron chi connectivity index (χ4n) is 3.14. The van der Waals surface area contributed by atoms with Crippen LogP contribution in [0.3, 0.4) is 0 Å². The van der Waals surface area contributed by atoms with Crippen molar-refractivity contribution >= 4 is 22.3 Å². The van der Waals surface area contributed by atoms with Crippen molar-refractivity contribution in [1.82, 2.24) is 19.8 Å². The van der Waals surface area contributed by atoms with Crippen LogP contribution in [0.15, 0.2) is 51.0 Å². The van der Waals surface area contributed by atoms with Gasteiger partial charge in [-0.1, -0.05) is 25.1 Å². The summed E-state index contributed by atoms with van der Waals surface area (Å²) in [7, 11) is 2.04. The molecule has 0 saturated heterocycles. The predicted molar refractivity (Wildman–Crippen MR) is 99.7 cm³/mol. The van der Waals surface area contributed by atoms with E-state index >= 15 is 0 Å². The number of furan rings is 1. The first-order valence-corrected chi connectivity index (χ1v) is 9.42. The Labute approximate surface area is 154 Å². The number of quaternary nitrogens is 1. The molecular formula is C18H20N5O2S+. The van der Waals surface area contributed by atoms with Crippen molar-refractivity contribution in [3.63, 3.8) is 0 Å². The molecule has 0 aliphatic carbocycles. The number of aryl methyl sites for hydroxylation is 1. The van der Waals surface area contributed by atoms with Gasteiger partial charge in [-0.3, -0.25) is 0 Å². The van der Waals surface area contributed by atoms with Crippen LogP contribution in [0.4, 0.5) is 0 Å². The first kappa shape index (κ1) is 16.7. The molecule has 0 aliphatic heterocycles. The molecule has 3 heterocycles. The van der Waals surface area contributed by atoms with Gasteiger partial charge in [-0.2, -0.15) is 0 Å². The average Bonchev–Trinajstić information content (AvgIpc) is 3.36. The van der Waals surface area contributed by atoms with Gasteiger partial charge in [-0.05, 0) is 34.0 Å². The second-order valence-corrected chi connectivity index (χ2v) is 7.20. The molecule has 0 aliphatic rings. The van der Waals surface area contributed by atoms with Crippen molar-refractivity contribution < 1.29 is 9.32 Å². The van der Waals surface area contributed by atoms with Crippen molar-refractivity contribution in [3.8, 4) is 5.00 Å². The number of rotatable bonds is 6. The Kier molecular flexibility index (Phi) is 4.44. The van der Waals surface area contributed by atoms with E-state index in [0.717, 1.165) is 39.6 Å². The molecular weight excluding hydrogens is 350 g/mol. The average molecular weight is 370 g/mol. The Hall–Kier alpha value is -2.71. The minimum absolute atomic E-state index is 0.223. The van der Waals surface area contributed by atoms with Crippen molar-refractivity contribution in [3.05, 3.63) is 63.6 Å². The summed E-state index contributed by atoms with van der Waals surface area (Å²) in [6.45, 7) is 3.28. The molecule has 0 spiro atoms. The second-order valence-electron chi connectivity index (χ2n) is 6.27. The van der Waals surface area contributed by atoms with Gasteiger partial charge in [0.1, 0.15) is 22.9 Å². The van der Waals surface area contributed by atoms with Gasteiger partial charge in [0, 0.05) is 11.8 Å². The second kappa shape index (κ2) is 6.89. The molecule has 0 bridgehead atoms. The quantitative estimate of drug-likeness (QED) is 0.558. The molecule has 26 heavy (non-hydrogen) atoms. The van der Waals surface area contributed by atoms with Crippen LogP contribution in [0.2, 0.25) is 0 Å². The lowest BCUT2D eigenvalue weighted by atomic mass is 10.1. The Morgan fingerprint density at radius 2 is 2.04 bits per heavy atom. The number of hydrogen-bond acceptors (Lipinski definition) is 5. The molecule has 134 valence electrons. The summed E-state index contributed by atoms with van der Waals surface area (Å²) in [6, 6.07) is 11.8. The topological polar surface area (TPSA) is 70.3 Å². The Balaban J connectivity index is 1.57. The van der Waals surface area contributed by atoms with Gasteiger partial charge in [0.05, 0.1) is 12.6 Å². The van der Waals surface area contributed by atoms with Crippen molar-refractivity contribution in [2.75, 3.05) is 7.05 Å². The molecule has 8 heteroatoms. The van der Waals surface area contributed by atoms with Gasteiger partial charge >= 0.3 is 5.69 Å². The highest BCUT2D eigenvalue weighted by molar-refractivity contribution is 7.12. The van der Waals surface area contributed by atoms with Crippen LogP contribution >= 0.6 is 11.3 Å². The van der Waals surface area contributed by atoms with E-state index in [1.807, 2.05) is 42.8 Å². The van der Waals surface area contributed by atoms with Crippen LogP contribution in [0, 0.1) is 0 Å². The summed E-state index contributed by atoms with van der Waals surface area (Å²) in [5, 5.41) is 11.8. The summed E-state index contributed by atoms with van der Waals surface area (Å²) in [6.07, 6.45) is 0.839. The third kappa shape index (κ3) is 2.97. The summed E-state index contributed by atoms with van der Waals surface area (Å²) in [5.41, 5.74) is 1.88. The fraction of sp³-hybridized carbons (Fsp3) is 0.278. The monoisotopic (exact) mass is 370 g/mol. The van der Waals surface area contributed by atoms with E-state index in [4.69, 9.17) is 4.42 Å². The third-order valence-electron chi connectivity index (χ3n) is 4.36. The molecule has 1 aromatic carbocycles.